The lowest BCUT2D eigenvalue weighted by molar-refractivity contribution is -0.384. The Morgan fingerprint density at radius 3 is 2.92 bits per heavy atom. The first kappa shape index (κ1) is 18.5. The van der Waals surface area contributed by atoms with E-state index < -0.39 is 4.92 Å². The molecule has 0 aliphatic carbocycles. The van der Waals surface area contributed by atoms with Crippen molar-refractivity contribution < 1.29 is 9.34 Å². The number of rotatable bonds is 7. The van der Waals surface area contributed by atoms with Gasteiger partial charge >= 0.3 is 0 Å². The minimum atomic E-state index is -0.467. The van der Waals surface area contributed by atoms with E-state index in [1.165, 1.54) is 12.1 Å². The van der Waals surface area contributed by atoms with Crippen LogP contribution in [0.3, 0.4) is 0 Å². The Morgan fingerprint density at radius 2 is 2.28 bits per heavy atom. The lowest BCUT2D eigenvalue weighted by atomic mass is 10.2. The number of hydrogen-bond acceptors (Lipinski definition) is 6. The largest absolute Gasteiger partial charge is 0.419 e. The highest BCUT2D eigenvalue weighted by Gasteiger charge is 2.18. The van der Waals surface area contributed by atoms with E-state index in [0.717, 1.165) is 0 Å². The molecule has 0 amide bonds. The van der Waals surface area contributed by atoms with Gasteiger partial charge in [0.2, 0.25) is 11.8 Å². The predicted octanol–water partition coefficient (Wildman–Crippen LogP) is 2.92. The number of non-ortho nitro benzene ring substituents is 1. The van der Waals surface area contributed by atoms with E-state index in [2.05, 4.69) is 22.1 Å². The highest BCUT2D eigenvalue weighted by atomic mass is 32.1. The number of aromatic nitrogens is 2. The van der Waals surface area contributed by atoms with Crippen molar-refractivity contribution in [3.63, 3.8) is 0 Å². The Kier molecular flexibility index (Phi) is 6.18. The first-order chi connectivity index (χ1) is 11.9. The molecule has 132 valence electrons. The van der Waals surface area contributed by atoms with Crippen molar-refractivity contribution in [2.45, 2.75) is 26.4 Å². The smallest absolute Gasteiger partial charge is 0.270 e. The zero-order chi connectivity index (χ0) is 18.4. The van der Waals surface area contributed by atoms with Gasteiger partial charge in [0, 0.05) is 30.3 Å². The fourth-order valence-electron chi connectivity index (χ4n) is 2.08. The summed E-state index contributed by atoms with van der Waals surface area (Å²) < 4.78 is 5.65. The second-order valence-electron chi connectivity index (χ2n) is 5.50. The van der Waals surface area contributed by atoms with Gasteiger partial charge in [0.1, 0.15) is 0 Å². The maximum atomic E-state index is 10.9. The molecule has 1 heterocycles. The maximum absolute atomic E-state index is 10.9. The van der Waals surface area contributed by atoms with Crippen LogP contribution in [0.1, 0.15) is 19.7 Å². The highest BCUT2D eigenvalue weighted by Crippen LogP contribution is 2.23. The van der Waals surface area contributed by atoms with Crippen LogP contribution in [0.2, 0.25) is 0 Å². The van der Waals surface area contributed by atoms with Gasteiger partial charge in [0.25, 0.3) is 5.69 Å². The number of hydrogen-bond donors (Lipinski definition) is 1. The lowest BCUT2D eigenvalue weighted by Gasteiger charge is -2.27. The third-order valence-electron chi connectivity index (χ3n) is 3.36. The average Bonchev–Trinajstić information content (AvgIpc) is 3.06. The fourth-order valence-corrected chi connectivity index (χ4v) is 2.44. The molecule has 0 fully saturated rings. The van der Waals surface area contributed by atoms with Crippen LogP contribution in [0, 0.1) is 10.1 Å². The SMILES string of the molecule is C=CCNC(=S)N(Cc1nnc(-c2cccc([N+](=O)[O-])c2)o1)C(C)C. The van der Waals surface area contributed by atoms with Crippen molar-refractivity contribution in [2.24, 2.45) is 0 Å². The molecule has 0 radical (unpaired) electrons. The molecule has 2 rings (SSSR count). The summed E-state index contributed by atoms with van der Waals surface area (Å²) in [6, 6.07) is 6.18. The van der Waals surface area contributed by atoms with E-state index in [4.69, 9.17) is 16.6 Å². The number of nitro groups is 1. The molecule has 0 bridgehead atoms. The second kappa shape index (κ2) is 8.34. The third-order valence-corrected chi connectivity index (χ3v) is 3.74. The van der Waals surface area contributed by atoms with Crippen molar-refractivity contribution in [1.82, 2.24) is 20.4 Å². The second-order valence-corrected chi connectivity index (χ2v) is 5.89. The highest BCUT2D eigenvalue weighted by molar-refractivity contribution is 7.80. The van der Waals surface area contributed by atoms with Crippen LogP contribution in [-0.4, -0.2) is 37.7 Å². The molecule has 9 heteroatoms. The van der Waals surface area contributed by atoms with Crippen molar-refractivity contribution in [3.05, 3.63) is 52.9 Å². The molecule has 2 aromatic rings. The molecule has 1 N–H and O–H groups in total. The van der Waals surface area contributed by atoms with E-state index in [0.29, 0.717) is 29.7 Å². The van der Waals surface area contributed by atoms with Gasteiger partial charge < -0.3 is 14.6 Å². The predicted molar refractivity (Wildman–Crippen MR) is 97.9 cm³/mol. The summed E-state index contributed by atoms with van der Waals surface area (Å²) in [5.41, 5.74) is 0.465. The van der Waals surface area contributed by atoms with Crippen molar-refractivity contribution in [1.29, 1.82) is 0 Å². The third kappa shape index (κ3) is 4.83. The molecule has 25 heavy (non-hydrogen) atoms. The normalized spacial score (nSPS) is 10.5. The molecule has 0 aliphatic rings. The molecule has 0 unspecified atom stereocenters. The quantitative estimate of drug-likeness (QED) is 0.348. The molecule has 0 spiro atoms. The molecule has 1 aromatic carbocycles. The monoisotopic (exact) mass is 361 g/mol. The zero-order valence-electron chi connectivity index (χ0n) is 14.0. The molecular formula is C16H19N5O3S. The first-order valence-electron chi connectivity index (χ1n) is 7.65. The topological polar surface area (TPSA) is 97.3 Å². The minimum Gasteiger partial charge on any atom is -0.419 e. The van der Waals surface area contributed by atoms with Crippen molar-refractivity contribution >= 4 is 23.0 Å². The summed E-state index contributed by atoms with van der Waals surface area (Å²) in [6.45, 7) is 8.54. The molecule has 0 atom stereocenters. The number of benzene rings is 1. The fraction of sp³-hybridized carbons (Fsp3) is 0.312. The minimum absolute atomic E-state index is 0.0316. The van der Waals surface area contributed by atoms with Crippen LogP contribution in [0.25, 0.3) is 11.5 Å². The van der Waals surface area contributed by atoms with Crippen LogP contribution >= 0.6 is 12.2 Å². The Hall–Kier alpha value is -2.81. The van der Waals surface area contributed by atoms with Crippen molar-refractivity contribution in [2.75, 3.05) is 6.54 Å². The Morgan fingerprint density at radius 1 is 1.52 bits per heavy atom. The van der Waals surface area contributed by atoms with Gasteiger partial charge in [0.05, 0.1) is 11.5 Å². The number of nitrogens with one attached hydrogen (secondary N) is 1. The van der Waals surface area contributed by atoms with Gasteiger partial charge in [-0.25, -0.2) is 0 Å². The Labute approximate surface area is 150 Å². The van der Waals surface area contributed by atoms with Gasteiger partial charge in [-0.15, -0.1) is 16.8 Å². The summed E-state index contributed by atoms with van der Waals surface area (Å²) in [5.74, 6) is 0.602. The summed E-state index contributed by atoms with van der Waals surface area (Å²) in [6.07, 6.45) is 1.72. The van der Waals surface area contributed by atoms with E-state index in [9.17, 15) is 10.1 Å². The molecule has 0 aliphatic heterocycles. The van der Waals surface area contributed by atoms with E-state index in [-0.39, 0.29) is 17.6 Å². The molecule has 0 saturated heterocycles. The van der Waals surface area contributed by atoms with Crippen molar-refractivity contribution in [3.8, 4) is 11.5 Å². The summed E-state index contributed by atoms with van der Waals surface area (Å²) in [4.78, 5) is 12.3. The van der Waals surface area contributed by atoms with E-state index in [1.54, 1.807) is 18.2 Å². The molecule has 8 nitrogen and oxygen atoms in total. The first-order valence-corrected chi connectivity index (χ1v) is 8.05. The summed E-state index contributed by atoms with van der Waals surface area (Å²) in [7, 11) is 0. The standard InChI is InChI=1S/C16H19N5O3S/c1-4-8-17-16(25)20(11(2)3)10-14-18-19-15(24-14)12-6-5-7-13(9-12)21(22)23/h4-7,9,11H,1,8,10H2,2-3H3,(H,17,25). The van der Waals surface area contributed by atoms with Crippen LogP contribution < -0.4 is 5.32 Å². The molecule has 0 saturated carbocycles. The van der Waals surface area contributed by atoms with Gasteiger partial charge in [-0.2, -0.15) is 0 Å². The Bertz CT molecular complexity index is 775. The van der Waals surface area contributed by atoms with Crippen LogP contribution in [0.15, 0.2) is 41.3 Å². The maximum Gasteiger partial charge on any atom is 0.270 e. The molecular weight excluding hydrogens is 342 g/mol. The van der Waals surface area contributed by atoms with Gasteiger partial charge in [-0.1, -0.05) is 12.1 Å². The van der Waals surface area contributed by atoms with Gasteiger partial charge in [-0.05, 0) is 32.1 Å². The van der Waals surface area contributed by atoms with Crippen LogP contribution in [0.4, 0.5) is 5.69 Å². The average molecular weight is 361 g/mol. The van der Waals surface area contributed by atoms with E-state index in [1.807, 2.05) is 18.7 Å². The molecule has 1 aromatic heterocycles. The number of thiocarbonyl (C=S) groups is 1. The summed E-state index contributed by atoms with van der Waals surface area (Å²) >= 11 is 5.36. The lowest BCUT2D eigenvalue weighted by Crippen LogP contribution is -2.43. The number of nitrogens with zero attached hydrogens (tertiary/aromatic N) is 4. The van der Waals surface area contributed by atoms with Crippen LogP contribution in [-0.2, 0) is 6.54 Å². The number of nitro benzene ring substituents is 1. The summed E-state index contributed by atoms with van der Waals surface area (Å²) in [5, 5.41) is 22.5. The van der Waals surface area contributed by atoms with Gasteiger partial charge in [-0.3, -0.25) is 10.1 Å². The Balaban J connectivity index is 2.17. The van der Waals surface area contributed by atoms with Gasteiger partial charge in [0.15, 0.2) is 5.11 Å². The van der Waals surface area contributed by atoms with E-state index >= 15 is 0 Å². The zero-order valence-corrected chi connectivity index (χ0v) is 14.8. The van der Waals surface area contributed by atoms with Crippen LogP contribution in [0.5, 0.6) is 0 Å².